The number of rotatable bonds is 3. The Hall–Kier alpha value is -2.02. The largest absolute Gasteiger partial charge is 0.399 e. The van der Waals surface area contributed by atoms with Crippen molar-refractivity contribution >= 4 is 21.5 Å². The van der Waals surface area contributed by atoms with Crippen LogP contribution in [0, 0.1) is 6.92 Å². The number of nitrogen functional groups attached to an aromatic ring is 1. The second-order valence-electron chi connectivity index (χ2n) is 3.97. The first-order valence-corrected chi connectivity index (χ1v) is 6.76. The van der Waals surface area contributed by atoms with Crippen LogP contribution in [-0.2, 0) is 17.1 Å². The Morgan fingerprint density at radius 3 is 2.39 bits per heavy atom. The molecule has 1 heterocycles. The Morgan fingerprint density at radius 2 is 1.89 bits per heavy atom. The molecule has 18 heavy (non-hydrogen) atoms. The van der Waals surface area contributed by atoms with Crippen LogP contribution in [0.25, 0.3) is 0 Å². The van der Waals surface area contributed by atoms with Gasteiger partial charge in [0.15, 0.2) is 0 Å². The molecule has 0 fully saturated rings. The summed E-state index contributed by atoms with van der Waals surface area (Å²) in [5.41, 5.74) is 6.78. The number of aryl methyl sites for hydroxylation is 2. The third-order valence-corrected chi connectivity index (χ3v) is 3.80. The molecule has 3 N–H and O–H groups in total. The van der Waals surface area contributed by atoms with E-state index in [4.69, 9.17) is 5.73 Å². The molecule has 0 aliphatic rings. The maximum Gasteiger partial charge on any atom is 0.263 e. The molecular formula is C11H14N4O2S. The zero-order chi connectivity index (χ0) is 13.3. The fourth-order valence-corrected chi connectivity index (χ4v) is 2.63. The summed E-state index contributed by atoms with van der Waals surface area (Å²) in [5.74, 6) is 0.421. The number of benzene rings is 1. The topological polar surface area (TPSA) is 90.0 Å². The van der Waals surface area contributed by atoms with E-state index in [-0.39, 0.29) is 4.90 Å². The molecule has 2 rings (SSSR count). The van der Waals surface area contributed by atoms with E-state index in [2.05, 4.69) is 9.82 Å². The van der Waals surface area contributed by atoms with Crippen LogP contribution in [0.2, 0.25) is 0 Å². The minimum atomic E-state index is -3.61. The lowest BCUT2D eigenvalue weighted by molar-refractivity contribution is 0.600. The summed E-state index contributed by atoms with van der Waals surface area (Å²) >= 11 is 0. The number of hydrogen-bond acceptors (Lipinski definition) is 4. The second kappa shape index (κ2) is 4.34. The van der Waals surface area contributed by atoms with Crippen molar-refractivity contribution in [1.82, 2.24) is 9.78 Å². The molecule has 0 aliphatic heterocycles. The quantitative estimate of drug-likeness (QED) is 0.814. The number of sulfonamides is 1. The number of nitrogens with two attached hydrogens (primary N) is 1. The molecule has 0 aliphatic carbocycles. The van der Waals surface area contributed by atoms with Gasteiger partial charge in [-0.3, -0.25) is 9.40 Å². The molecule has 0 radical (unpaired) electrons. The molecule has 0 unspecified atom stereocenters. The first-order valence-electron chi connectivity index (χ1n) is 5.27. The molecule has 0 saturated heterocycles. The van der Waals surface area contributed by atoms with Crippen LogP contribution in [0.5, 0.6) is 0 Å². The van der Waals surface area contributed by atoms with Crippen LogP contribution in [0.1, 0.15) is 5.69 Å². The number of hydrogen-bond donors (Lipinski definition) is 2. The molecule has 7 heteroatoms. The Bertz CT molecular complexity index is 659. The molecule has 2 aromatic rings. The van der Waals surface area contributed by atoms with Crippen molar-refractivity contribution in [2.24, 2.45) is 7.05 Å². The van der Waals surface area contributed by atoms with Gasteiger partial charge in [0.2, 0.25) is 0 Å². The summed E-state index contributed by atoms with van der Waals surface area (Å²) in [6.07, 6.45) is 0. The highest BCUT2D eigenvalue weighted by atomic mass is 32.2. The van der Waals surface area contributed by atoms with Crippen LogP contribution in [-0.4, -0.2) is 18.2 Å². The lowest BCUT2D eigenvalue weighted by Gasteiger charge is -2.07. The highest BCUT2D eigenvalue weighted by molar-refractivity contribution is 7.92. The standard InChI is InChI=1S/C11H14N4O2S/c1-8-7-11(15(2)13-8)14-18(16,17)10-5-3-9(12)4-6-10/h3-7,14H,12H2,1-2H3. The Labute approximate surface area is 105 Å². The van der Waals surface area contributed by atoms with Gasteiger partial charge in [0.05, 0.1) is 10.6 Å². The van der Waals surface area contributed by atoms with Gasteiger partial charge >= 0.3 is 0 Å². The minimum Gasteiger partial charge on any atom is -0.399 e. The minimum absolute atomic E-state index is 0.163. The van der Waals surface area contributed by atoms with Gasteiger partial charge in [0.1, 0.15) is 5.82 Å². The molecule has 96 valence electrons. The van der Waals surface area contributed by atoms with Gasteiger partial charge < -0.3 is 5.73 Å². The van der Waals surface area contributed by atoms with Crippen LogP contribution < -0.4 is 10.5 Å². The highest BCUT2D eigenvalue weighted by Gasteiger charge is 2.16. The van der Waals surface area contributed by atoms with Gasteiger partial charge in [0, 0.05) is 18.8 Å². The normalized spacial score (nSPS) is 11.4. The third-order valence-electron chi connectivity index (χ3n) is 2.43. The molecule has 0 bridgehead atoms. The predicted octanol–water partition coefficient (Wildman–Crippen LogP) is 1.11. The van der Waals surface area contributed by atoms with Crippen LogP contribution >= 0.6 is 0 Å². The van der Waals surface area contributed by atoms with Crippen LogP contribution in [0.3, 0.4) is 0 Å². The van der Waals surface area contributed by atoms with E-state index in [0.717, 1.165) is 5.69 Å². The maximum absolute atomic E-state index is 12.1. The molecule has 6 nitrogen and oxygen atoms in total. The Morgan fingerprint density at radius 1 is 1.28 bits per heavy atom. The zero-order valence-corrected chi connectivity index (χ0v) is 10.9. The smallest absolute Gasteiger partial charge is 0.263 e. The molecule has 0 saturated carbocycles. The summed E-state index contributed by atoms with van der Waals surface area (Å²) in [5, 5.41) is 4.07. The highest BCUT2D eigenvalue weighted by Crippen LogP contribution is 2.17. The zero-order valence-electron chi connectivity index (χ0n) is 10.1. The number of anilines is 2. The van der Waals surface area contributed by atoms with Gasteiger partial charge in [-0.1, -0.05) is 0 Å². The average Bonchev–Trinajstić information content (AvgIpc) is 2.57. The molecule has 1 aromatic carbocycles. The monoisotopic (exact) mass is 266 g/mol. The molecule has 1 aromatic heterocycles. The predicted molar refractivity (Wildman–Crippen MR) is 69.6 cm³/mol. The van der Waals surface area contributed by atoms with Gasteiger partial charge in [-0.05, 0) is 31.2 Å². The lowest BCUT2D eigenvalue weighted by Crippen LogP contribution is -2.15. The average molecular weight is 266 g/mol. The fourth-order valence-electron chi connectivity index (χ4n) is 1.55. The van der Waals surface area contributed by atoms with Crippen molar-refractivity contribution in [3.05, 3.63) is 36.0 Å². The number of aromatic nitrogens is 2. The first kappa shape index (κ1) is 12.4. The van der Waals surface area contributed by atoms with Gasteiger partial charge in [-0.25, -0.2) is 8.42 Å². The van der Waals surface area contributed by atoms with Gasteiger partial charge in [-0.15, -0.1) is 0 Å². The summed E-state index contributed by atoms with van der Waals surface area (Å²) in [6.45, 7) is 1.79. The van der Waals surface area contributed by atoms with Crippen molar-refractivity contribution in [3.8, 4) is 0 Å². The Kier molecular flexibility index (Phi) is 3.00. The lowest BCUT2D eigenvalue weighted by atomic mass is 10.3. The third kappa shape index (κ3) is 2.45. The van der Waals surface area contributed by atoms with E-state index in [9.17, 15) is 8.42 Å². The summed E-state index contributed by atoms with van der Waals surface area (Å²) < 4.78 is 28.1. The summed E-state index contributed by atoms with van der Waals surface area (Å²) in [7, 11) is -1.93. The Balaban J connectivity index is 2.33. The number of nitrogens with zero attached hydrogens (tertiary/aromatic N) is 2. The summed E-state index contributed by atoms with van der Waals surface area (Å²) in [4.78, 5) is 0.163. The van der Waals surface area contributed by atoms with E-state index < -0.39 is 10.0 Å². The number of nitrogens with one attached hydrogen (secondary N) is 1. The van der Waals surface area contributed by atoms with Gasteiger partial charge in [-0.2, -0.15) is 5.10 Å². The molecule has 0 amide bonds. The van der Waals surface area contributed by atoms with E-state index in [0.29, 0.717) is 11.5 Å². The van der Waals surface area contributed by atoms with Crippen LogP contribution in [0.4, 0.5) is 11.5 Å². The second-order valence-corrected chi connectivity index (χ2v) is 5.65. The SMILES string of the molecule is Cc1cc(NS(=O)(=O)c2ccc(N)cc2)n(C)n1. The van der Waals surface area contributed by atoms with E-state index in [1.54, 1.807) is 32.2 Å². The van der Waals surface area contributed by atoms with Crippen molar-refractivity contribution in [2.75, 3.05) is 10.5 Å². The van der Waals surface area contributed by atoms with Crippen molar-refractivity contribution in [3.63, 3.8) is 0 Å². The van der Waals surface area contributed by atoms with E-state index in [1.807, 2.05) is 0 Å². The summed E-state index contributed by atoms with van der Waals surface area (Å²) in [6, 6.07) is 7.67. The molecule has 0 spiro atoms. The fraction of sp³-hybridized carbons (Fsp3) is 0.182. The molecular weight excluding hydrogens is 252 g/mol. The van der Waals surface area contributed by atoms with E-state index in [1.165, 1.54) is 16.8 Å². The molecule has 0 atom stereocenters. The maximum atomic E-state index is 12.1. The van der Waals surface area contributed by atoms with Gasteiger partial charge in [0.25, 0.3) is 10.0 Å². The van der Waals surface area contributed by atoms with Crippen molar-refractivity contribution in [1.29, 1.82) is 0 Å². The van der Waals surface area contributed by atoms with E-state index >= 15 is 0 Å². The van der Waals surface area contributed by atoms with Crippen molar-refractivity contribution in [2.45, 2.75) is 11.8 Å². The first-order chi connectivity index (χ1) is 8.38. The van der Waals surface area contributed by atoms with Crippen LogP contribution in [0.15, 0.2) is 35.2 Å². The van der Waals surface area contributed by atoms with Crippen molar-refractivity contribution < 1.29 is 8.42 Å².